The Morgan fingerprint density at radius 3 is 2.71 bits per heavy atom. The van der Waals surface area contributed by atoms with E-state index in [0.29, 0.717) is 24.0 Å². The summed E-state index contributed by atoms with van der Waals surface area (Å²) in [6.07, 6.45) is 7.30. The number of cyclic esters (lactones) is 2. The first-order valence-electron chi connectivity index (χ1n) is 5.87. The lowest BCUT2D eigenvalue weighted by molar-refractivity contribution is -0.151. The Labute approximate surface area is 101 Å². The molecule has 0 aromatic heterocycles. The number of ether oxygens (including phenoxy) is 1. The zero-order valence-electron chi connectivity index (χ0n) is 10.2. The topological polar surface area (TPSA) is 43.4 Å². The first-order chi connectivity index (χ1) is 8.08. The van der Waals surface area contributed by atoms with E-state index < -0.39 is 11.9 Å². The van der Waals surface area contributed by atoms with Gasteiger partial charge in [0.1, 0.15) is 0 Å². The van der Waals surface area contributed by atoms with E-state index in [1.54, 1.807) is 0 Å². The highest BCUT2D eigenvalue weighted by Gasteiger charge is 2.34. The van der Waals surface area contributed by atoms with Crippen molar-refractivity contribution in [1.82, 2.24) is 0 Å². The minimum Gasteiger partial charge on any atom is -0.386 e. The van der Waals surface area contributed by atoms with Gasteiger partial charge in [-0.05, 0) is 33.1 Å². The van der Waals surface area contributed by atoms with Crippen LogP contribution in [0.15, 0.2) is 34.4 Å². The van der Waals surface area contributed by atoms with Crippen molar-refractivity contribution in [2.75, 3.05) is 0 Å². The molecule has 0 aromatic rings. The van der Waals surface area contributed by atoms with Gasteiger partial charge in [-0.25, -0.2) is 9.59 Å². The van der Waals surface area contributed by atoms with E-state index in [0.717, 1.165) is 12.8 Å². The number of carbonyl (C=O) groups is 2. The predicted octanol–water partition coefficient (Wildman–Crippen LogP) is 2.83. The van der Waals surface area contributed by atoms with Crippen LogP contribution in [0.5, 0.6) is 0 Å². The summed E-state index contributed by atoms with van der Waals surface area (Å²) < 4.78 is 4.60. The molecule has 0 spiro atoms. The fraction of sp³-hybridized carbons (Fsp3) is 0.429. The minimum atomic E-state index is -0.454. The number of rotatable bonds is 3. The van der Waals surface area contributed by atoms with Gasteiger partial charge in [0.05, 0.1) is 11.1 Å². The Kier molecular flexibility index (Phi) is 3.27. The summed E-state index contributed by atoms with van der Waals surface area (Å²) in [7, 11) is 0. The molecule has 1 aliphatic heterocycles. The van der Waals surface area contributed by atoms with Crippen molar-refractivity contribution in [3.05, 3.63) is 34.4 Å². The molecule has 0 unspecified atom stereocenters. The number of hydrogen-bond donors (Lipinski definition) is 0. The van der Waals surface area contributed by atoms with E-state index >= 15 is 0 Å². The molecule has 3 nitrogen and oxygen atoms in total. The summed E-state index contributed by atoms with van der Waals surface area (Å²) >= 11 is 0. The van der Waals surface area contributed by atoms with Crippen LogP contribution in [0.4, 0.5) is 0 Å². The maximum Gasteiger partial charge on any atom is 0.342 e. The van der Waals surface area contributed by atoms with Crippen LogP contribution < -0.4 is 0 Å². The SMILES string of the molecule is CC(C)=CCCC1=CCC2=C(C1)C(=O)OC2=O. The number of carbonyl (C=O) groups excluding carboxylic acids is 2. The summed E-state index contributed by atoms with van der Waals surface area (Å²) in [5.41, 5.74) is 3.66. The van der Waals surface area contributed by atoms with Crippen molar-refractivity contribution >= 4 is 11.9 Å². The molecule has 2 rings (SSSR count). The lowest BCUT2D eigenvalue weighted by Gasteiger charge is -2.11. The molecular formula is C14H16O3. The molecular weight excluding hydrogens is 216 g/mol. The second-order valence-electron chi connectivity index (χ2n) is 4.70. The third-order valence-electron chi connectivity index (χ3n) is 3.06. The van der Waals surface area contributed by atoms with E-state index in [-0.39, 0.29) is 0 Å². The normalized spacial score (nSPS) is 18.8. The molecule has 3 heteroatoms. The molecule has 0 bridgehead atoms. The Morgan fingerprint density at radius 2 is 2.00 bits per heavy atom. The van der Waals surface area contributed by atoms with Crippen molar-refractivity contribution in [3.8, 4) is 0 Å². The Hall–Kier alpha value is -1.64. The van der Waals surface area contributed by atoms with Crippen LogP contribution in [-0.4, -0.2) is 11.9 Å². The molecule has 1 aliphatic carbocycles. The summed E-state index contributed by atoms with van der Waals surface area (Å²) in [5, 5.41) is 0. The summed E-state index contributed by atoms with van der Waals surface area (Å²) in [6, 6.07) is 0. The van der Waals surface area contributed by atoms with Crippen LogP contribution >= 0.6 is 0 Å². The zero-order chi connectivity index (χ0) is 12.4. The average molecular weight is 232 g/mol. The molecule has 0 saturated carbocycles. The smallest absolute Gasteiger partial charge is 0.342 e. The molecule has 0 radical (unpaired) electrons. The van der Waals surface area contributed by atoms with Crippen molar-refractivity contribution in [1.29, 1.82) is 0 Å². The lowest BCUT2D eigenvalue weighted by Crippen LogP contribution is -2.03. The van der Waals surface area contributed by atoms with Crippen molar-refractivity contribution in [2.24, 2.45) is 0 Å². The van der Waals surface area contributed by atoms with E-state index in [1.165, 1.54) is 11.1 Å². The first-order valence-corrected chi connectivity index (χ1v) is 5.87. The fourth-order valence-corrected chi connectivity index (χ4v) is 2.12. The van der Waals surface area contributed by atoms with Gasteiger partial charge in [-0.15, -0.1) is 0 Å². The Balaban J connectivity index is 1.98. The van der Waals surface area contributed by atoms with E-state index in [1.807, 2.05) is 0 Å². The molecule has 0 atom stereocenters. The van der Waals surface area contributed by atoms with E-state index in [9.17, 15) is 9.59 Å². The van der Waals surface area contributed by atoms with E-state index in [4.69, 9.17) is 0 Å². The monoisotopic (exact) mass is 232 g/mol. The quantitative estimate of drug-likeness (QED) is 0.427. The maximum absolute atomic E-state index is 11.4. The summed E-state index contributed by atoms with van der Waals surface area (Å²) in [6.45, 7) is 4.14. The largest absolute Gasteiger partial charge is 0.386 e. The predicted molar refractivity (Wildman–Crippen MR) is 64.1 cm³/mol. The van der Waals surface area contributed by atoms with Crippen molar-refractivity contribution in [2.45, 2.75) is 39.5 Å². The molecule has 1 heterocycles. The molecule has 0 amide bonds. The Morgan fingerprint density at radius 1 is 1.29 bits per heavy atom. The average Bonchev–Trinajstić information content (AvgIpc) is 2.54. The van der Waals surface area contributed by atoms with Crippen LogP contribution in [0.3, 0.4) is 0 Å². The summed E-state index contributed by atoms with van der Waals surface area (Å²) in [5.74, 6) is -0.901. The zero-order valence-corrected chi connectivity index (χ0v) is 10.2. The molecule has 0 aromatic carbocycles. The molecule has 0 saturated heterocycles. The highest BCUT2D eigenvalue weighted by atomic mass is 16.6. The van der Waals surface area contributed by atoms with Gasteiger partial charge in [0.2, 0.25) is 0 Å². The van der Waals surface area contributed by atoms with Crippen LogP contribution in [0.25, 0.3) is 0 Å². The second kappa shape index (κ2) is 4.70. The number of esters is 2. The molecule has 0 fully saturated rings. The Bertz CT molecular complexity index is 460. The van der Waals surface area contributed by atoms with Crippen molar-refractivity contribution < 1.29 is 14.3 Å². The fourth-order valence-electron chi connectivity index (χ4n) is 2.12. The lowest BCUT2D eigenvalue weighted by atomic mass is 9.90. The van der Waals surface area contributed by atoms with Crippen LogP contribution in [0.2, 0.25) is 0 Å². The van der Waals surface area contributed by atoms with Gasteiger partial charge in [-0.3, -0.25) is 0 Å². The van der Waals surface area contributed by atoms with Gasteiger partial charge in [0.15, 0.2) is 0 Å². The van der Waals surface area contributed by atoms with Gasteiger partial charge < -0.3 is 4.74 Å². The van der Waals surface area contributed by atoms with Gasteiger partial charge in [-0.2, -0.15) is 0 Å². The van der Waals surface area contributed by atoms with Crippen LogP contribution in [0, 0.1) is 0 Å². The van der Waals surface area contributed by atoms with Gasteiger partial charge in [0, 0.05) is 6.42 Å². The minimum absolute atomic E-state index is 0.446. The van der Waals surface area contributed by atoms with Crippen LogP contribution in [0.1, 0.15) is 39.5 Å². The highest BCUT2D eigenvalue weighted by Crippen LogP contribution is 2.32. The van der Waals surface area contributed by atoms with Gasteiger partial charge in [0.25, 0.3) is 0 Å². The molecule has 2 aliphatic rings. The molecule has 0 N–H and O–H groups in total. The third kappa shape index (κ3) is 2.54. The third-order valence-corrected chi connectivity index (χ3v) is 3.06. The standard InChI is InChI=1S/C14H16O3/c1-9(2)4-3-5-10-6-7-11-12(8-10)14(16)17-13(11)15/h4,6H,3,5,7-8H2,1-2H3. The summed E-state index contributed by atoms with van der Waals surface area (Å²) in [4.78, 5) is 22.7. The van der Waals surface area contributed by atoms with Gasteiger partial charge in [-0.1, -0.05) is 23.3 Å². The van der Waals surface area contributed by atoms with Crippen molar-refractivity contribution in [3.63, 3.8) is 0 Å². The highest BCUT2D eigenvalue weighted by molar-refractivity contribution is 6.13. The molecule has 17 heavy (non-hydrogen) atoms. The molecule has 90 valence electrons. The first kappa shape index (κ1) is 11.8. The number of allylic oxidation sites excluding steroid dienone is 4. The van der Waals surface area contributed by atoms with Gasteiger partial charge >= 0.3 is 11.9 Å². The maximum atomic E-state index is 11.4. The second-order valence-corrected chi connectivity index (χ2v) is 4.70. The van der Waals surface area contributed by atoms with E-state index in [2.05, 4.69) is 30.7 Å². The van der Waals surface area contributed by atoms with Crippen LogP contribution in [-0.2, 0) is 14.3 Å². The number of hydrogen-bond acceptors (Lipinski definition) is 3.